The summed E-state index contributed by atoms with van der Waals surface area (Å²) in [6.07, 6.45) is 3.75. The lowest BCUT2D eigenvalue weighted by Gasteiger charge is -2.18. The number of H-pyrrole nitrogens is 1. The van der Waals surface area contributed by atoms with E-state index in [2.05, 4.69) is 10.1 Å². The second-order valence-electron chi connectivity index (χ2n) is 8.45. The smallest absolute Gasteiger partial charge is 0.339 e. The van der Waals surface area contributed by atoms with E-state index in [1.807, 2.05) is 20.8 Å². The Balaban J connectivity index is 1.81. The summed E-state index contributed by atoms with van der Waals surface area (Å²) in [5.74, 6) is -0.134. The molecule has 0 saturated heterocycles. The third-order valence-electron chi connectivity index (χ3n) is 4.67. The Kier molecular flexibility index (Phi) is 5.22. The zero-order chi connectivity index (χ0) is 20.7. The molecule has 0 aromatic carbocycles. The van der Waals surface area contributed by atoms with Gasteiger partial charge in [0.2, 0.25) is 0 Å². The Hall–Kier alpha value is -2.42. The topological polar surface area (TPSA) is 111 Å². The quantitative estimate of drug-likeness (QED) is 0.772. The molecule has 9 heteroatoms. The minimum absolute atomic E-state index is 0.135. The van der Waals surface area contributed by atoms with Gasteiger partial charge in [-0.05, 0) is 36.8 Å². The number of hydrogen-bond acceptors (Lipinski definition) is 6. The van der Waals surface area contributed by atoms with Crippen molar-refractivity contribution in [3.8, 4) is 5.82 Å². The Morgan fingerprint density at radius 2 is 2.07 bits per heavy atom. The van der Waals surface area contributed by atoms with Gasteiger partial charge in [-0.15, -0.1) is 0 Å². The first-order valence-corrected chi connectivity index (χ1v) is 11.1. The number of aryl methyl sites for hydroxylation is 1. The van der Waals surface area contributed by atoms with Crippen molar-refractivity contribution >= 4 is 15.8 Å². The zero-order valence-corrected chi connectivity index (χ0v) is 17.3. The fraction of sp³-hybridized carbons (Fsp3) is 0.526. The highest BCUT2D eigenvalue weighted by Gasteiger charge is 2.30. The van der Waals surface area contributed by atoms with Crippen LogP contribution in [-0.4, -0.2) is 47.3 Å². The van der Waals surface area contributed by atoms with Gasteiger partial charge in [0.25, 0.3) is 5.56 Å². The molecule has 1 N–H and O–H groups in total. The highest BCUT2D eigenvalue weighted by atomic mass is 32.2. The van der Waals surface area contributed by atoms with Gasteiger partial charge in [0, 0.05) is 23.7 Å². The highest BCUT2D eigenvalue weighted by molar-refractivity contribution is 7.91. The van der Waals surface area contributed by atoms with Gasteiger partial charge in [0.05, 0.1) is 17.4 Å². The molecule has 0 spiro atoms. The van der Waals surface area contributed by atoms with E-state index in [-0.39, 0.29) is 24.0 Å². The number of fused-ring (bicyclic) bond motifs is 1. The molecule has 2 heterocycles. The normalized spacial score (nSPS) is 17.2. The Morgan fingerprint density at radius 1 is 1.36 bits per heavy atom. The van der Waals surface area contributed by atoms with Crippen molar-refractivity contribution in [2.75, 3.05) is 12.9 Å². The molecule has 0 bridgehead atoms. The first-order valence-electron chi connectivity index (χ1n) is 9.11. The third-order valence-corrected chi connectivity index (χ3v) is 6.29. The van der Waals surface area contributed by atoms with Crippen LogP contribution in [-0.2, 0) is 27.4 Å². The molecule has 2 aromatic heterocycles. The van der Waals surface area contributed by atoms with Crippen LogP contribution in [0.25, 0.3) is 5.82 Å². The van der Waals surface area contributed by atoms with Gasteiger partial charge < -0.3 is 4.74 Å². The number of aromatic amines is 1. The van der Waals surface area contributed by atoms with Crippen LogP contribution in [0.1, 0.15) is 48.8 Å². The number of ether oxygens (including phenoxy) is 1. The van der Waals surface area contributed by atoms with Gasteiger partial charge in [0.1, 0.15) is 0 Å². The molecule has 8 nitrogen and oxygen atoms in total. The molecule has 1 atom stereocenters. The van der Waals surface area contributed by atoms with Gasteiger partial charge in [-0.2, -0.15) is 0 Å². The average molecular weight is 407 g/mol. The van der Waals surface area contributed by atoms with Crippen LogP contribution in [0.2, 0.25) is 0 Å². The Bertz CT molecular complexity index is 1040. The fourth-order valence-electron chi connectivity index (χ4n) is 3.10. The van der Waals surface area contributed by atoms with Crippen LogP contribution in [0.15, 0.2) is 23.1 Å². The zero-order valence-electron chi connectivity index (χ0n) is 16.5. The first kappa shape index (κ1) is 20.3. The van der Waals surface area contributed by atoms with Crippen LogP contribution in [0.5, 0.6) is 0 Å². The number of aromatic nitrogens is 3. The monoisotopic (exact) mass is 407 g/mol. The van der Waals surface area contributed by atoms with Gasteiger partial charge in [-0.25, -0.2) is 22.9 Å². The van der Waals surface area contributed by atoms with Crippen LogP contribution in [0, 0.1) is 5.41 Å². The number of sulfone groups is 1. The maximum Gasteiger partial charge on any atom is 0.339 e. The average Bonchev–Trinajstić information content (AvgIpc) is 2.95. The van der Waals surface area contributed by atoms with Gasteiger partial charge in [0.15, 0.2) is 15.7 Å². The van der Waals surface area contributed by atoms with Crippen molar-refractivity contribution < 1.29 is 17.9 Å². The van der Waals surface area contributed by atoms with Gasteiger partial charge >= 0.3 is 5.97 Å². The summed E-state index contributed by atoms with van der Waals surface area (Å²) < 4.78 is 30.2. The summed E-state index contributed by atoms with van der Waals surface area (Å²) in [5.41, 5.74) is 1.08. The van der Waals surface area contributed by atoms with E-state index in [0.717, 1.165) is 5.69 Å². The van der Waals surface area contributed by atoms with Crippen molar-refractivity contribution in [3.63, 3.8) is 0 Å². The lowest BCUT2D eigenvalue weighted by molar-refractivity contribution is 0.0366. The predicted octanol–water partition coefficient (Wildman–Crippen LogP) is 1.67. The second kappa shape index (κ2) is 7.20. The summed E-state index contributed by atoms with van der Waals surface area (Å²) in [5, 5.41) is 2.48. The molecule has 1 aliphatic rings. The van der Waals surface area contributed by atoms with Gasteiger partial charge in [-0.3, -0.25) is 9.89 Å². The van der Waals surface area contributed by atoms with E-state index < -0.39 is 21.1 Å². The standard InChI is InChI=1S/C19H25N3O5S/c1-19(2,3)11-27-18(24)12-5-8-16(20-10-12)22-17(23)14-9-13(28(4,25)26)6-7-15(14)21-22/h5,8,10,13,21H,6-7,9,11H2,1-4H3. The maximum atomic E-state index is 12.7. The number of pyridine rings is 1. The van der Waals surface area contributed by atoms with Gasteiger partial charge in [-0.1, -0.05) is 20.8 Å². The minimum atomic E-state index is -3.20. The number of nitrogens with zero attached hydrogens (tertiary/aromatic N) is 2. The third kappa shape index (κ3) is 4.35. The molecule has 0 saturated carbocycles. The molecule has 0 radical (unpaired) electrons. The molecule has 3 rings (SSSR count). The largest absolute Gasteiger partial charge is 0.461 e. The SMILES string of the molecule is CC(C)(C)COC(=O)c1ccc(-n2[nH]c3c(c2=O)CC(S(C)(=O)=O)CC3)nc1. The molecule has 0 amide bonds. The Labute approximate surface area is 163 Å². The lowest BCUT2D eigenvalue weighted by atomic mass is 9.98. The molecule has 1 aliphatic carbocycles. The van der Waals surface area contributed by atoms with E-state index in [4.69, 9.17) is 4.74 Å². The molecule has 152 valence electrons. The van der Waals surface area contributed by atoms with E-state index in [1.54, 1.807) is 12.1 Å². The van der Waals surface area contributed by atoms with Crippen molar-refractivity contribution in [1.29, 1.82) is 0 Å². The number of hydrogen-bond donors (Lipinski definition) is 1. The van der Waals surface area contributed by atoms with E-state index >= 15 is 0 Å². The molecule has 2 aromatic rings. The Morgan fingerprint density at radius 3 is 2.64 bits per heavy atom. The number of carbonyl (C=O) groups is 1. The van der Waals surface area contributed by atoms with Crippen LogP contribution in [0.4, 0.5) is 0 Å². The minimum Gasteiger partial charge on any atom is -0.461 e. The molecule has 0 fully saturated rings. The van der Waals surface area contributed by atoms with Crippen molar-refractivity contribution in [3.05, 3.63) is 45.5 Å². The first-order chi connectivity index (χ1) is 13.0. The van der Waals surface area contributed by atoms with Crippen molar-refractivity contribution in [2.24, 2.45) is 5.41 Å². The summed E-state index contributed by atoms with van der Waals surface area (Å²) in [4.78, 5) is 29.0. The maximum absolute atomic E-state index is 12.7. The van der Waals surface area contributed by atoms with E-state index in [0.29, 0.717) is 29.8 Å². The van der Waals surface area contributed by atoms with Crippen molar-refractivity contribution in [1.82, 2.24) is 14.8 Å². The molecule has 0 aliphatic heterocycles. The molecule has 28 heavy (non-hydrogen) atoms. The summed E-state index contributed by atoms with van der Waals surface area (Å²) >= 11 is 0. The van der Waals surface area contributed by atoms with Crippen LogP contribution in [0.3, 0.4) is 0 Å². The number of esters is 1. The summed E-state index contributed by atoms with van der Waals surface area (Å²) in [6.45, 7) is 6.19. The number of carbonyl (C=O) groups excluding carboxylic acids is 1. The van der Waals surface area contributed by atoms with E-state index in [9.17, 15) is 18.0 Å². The number of nitrogens with one attached hydrogen (secondary N) is 1. The molecule has 1 unspecified atom stereocenters. The molecular weight excluding hydrogens is 382 g/mol. The summed E-state index contributed by atoms with van der Waals surface area (Å²) in [6, 6.07) is 3.12. The van der Waals surface area contributed by atoms with Crippen LogP contribution >= 0.6 is 0 Å². The van der Waals surface area contributed by atoms with Crippen molar-refractivity contribution in [2.45, 2.75) is 45.3 Å². The fourth-order valence-corrected chi connectivity index (χ4v) is 4.12. The molecular formula is C19H25N3O5S. The highest BCUT2D eigenvalue weighted by Crippen LogP contribution is 2.22. The predicted molar refractivity (Wildman–Crippen MR) is 105 cm³/mol. The summed E-state index contributed by atoms with van der Waals surface area (Å²) in [7, 11) is -3.20. The lowest BCUT2D eigenvalue weighted by Crippen LogP contribution is -2.30. The number of rotatable bonds is 4. The van der Waals surface area contributed by atoms with E-state index in [1.165, 1.54) is 17.1 Å². The van der Waals surface area contributed by atoms with Crippen LogP contribution < -0.4 is 5.56 Å². The second-order valence-corrected chi connectivity index (χ2v) is 10.8.